The van der Waals surface area contributed by atoms with Crippen LogP contribution in [0.5, 0.6) is 0 Å². The van der Waals surface area contributed by atoms with Crippen molar-refractivity contribution in [3.63, 3.8) is 0 Å². The molecule has 0 atom stereocenters. The molecule has 1 amide bonds. The summed E-state index contributed by atoms with van der Waals surface area (Å²) in [5.41, 5.74) is 0. The van der Waals surface area contributed by atoms with Crippen LogP contribution >= 0.6 is 16.1 Å². The van der Waals surface area contributed by atoms with Gasteiger partial charge in [0, 0.05) is 6.42 Å². The first-order valence-corrected chi connectivity index (χ1v) is 19.6. The summed E-state index contributed by atoms with van der Waals surface area (Å²) in [6.45, 7) is 2.30. The van der Waals surface area contributed by atoms with Gasteiger partial charge in [0.2, 0.25) is 0 Å². The van der Waals surface area contributed by atoms with Crippen LogP contribution in [0.3, 0.4) is 0 Å². The van der Waals surface area contributed by atoms with E-state index in [0.29, 0.717) is 10.5 Å². The molecule has 246 valence electrons. The Morgan fingerprint density at radius 1 is 0.390 bits per heavy atom. The summed E-state index contributed by atoms with van der Waals surface area (Å²) in [5, 5.41) is 8.94. The molecule has 0 aliphatic rings. The number of amides is 1. The molecule has 0 fully saturated rings. The van der Waals surface area contributed by atoms with Gasteiger partial charge >= 0.3 is 0 Å². The quantitative estimate of drug-likeness (QED) is 0.0323. The van der Waals surface area contributed by atoms with Crippen LogP contribution in [0.25, 0.3) is 0 Å². The number of hydrogen-bond acceptors (Lipinski definition) is 2. The van der Waals surface area contributed by atoms with Crippen LogP contribution < -0.4 is 0 Å². The van der Waals surface area contributed by atoms with Gasteiger partial charge in [-0.05, 0) is 6.42 Å². The van der Waals surface area contributed by atoms with Gasteiger partial charge in [-0.1, -0.05) is 219 Å². The van der Waals surface area contributed by atoms with Crippen LogP contribution in [0.1, 0.15) is 232 Å². The van der Waals surface area contributed by atoms with Gasteiger partial charge in [0.1, 0.15) is 0 Å². The van der Waals surface area contributed by atoms with Crippen molar-refractivity contribution >= 4 is 22.1 Å². The Bertz CT molecular complexity index is 499. The second-order valence-electron chi connectivity index (χ2n) is 13.1. The third-order valence-corrected chi connectivity index (χ3v) is 9.35. The van der Waals surface area contributed by atoms with E-state index in [9.17, 15) is 4.79 Å². The SMILES string of the molecule is CCCCCCCCCCCCCCCCCCCCCCCCCCCCCCCCCCCCC(=O)N(O)Br. The van der Waals surface area contributed by atoms with Gasteiger partial charge in [0.25, 0.3) is 5.91 Å². The molecule has 0 aromatic carbocycles. The lowest BCUT2D eigenvalue weighted by Crippen LogP contribution is -2.15. The molecule has 4 heteroatoms. The molecule has 0 rings (SSSR count). The summed E-state index contributed by atoms with van der Waals surface area (Å²) < 4.78 is 0.524. The fourth-order valence-electron chi connectivity index (χ4n) is 6.10. The molecule has 0 aliphatic carbocycles. The second-order valence-corrected chi connectivity index (χ2v) is 13.7. The Balaban J connectivity index is 3.05. The monoisotopic (exact) mass is 643 g/mol. The minimum Gasteiger partial charge on any atom is -0.275 e. The van der Waals surface area contributed by atoms with Crippen molar-refractivity contribution in [1.29, 1.82) is 0 Å². The average Bonchev–Trinajstić information content (AvgIpc) is 2.97. The van der Waals surface area contributed by atoms with E-state index in [1.165, 1.54) is 205 Å². The van der Waals surface area contributed by atoms with Crippen molar-refractivity contribution in [2.75, 3.05) is 0 Å². The first-order chi connectivity index (χ1) is 20.2. The summed E-state index contributed by atoms with van der Waals surface area (Å²) >= 11 is 2.75. The van der Waals surface area contributed by atoms with Gasteiger partial charge in [-0.2, -0.15) is 4.09 Å². The van der Waals surface area contributed by atoms with Crippen molar-refractivity contribution in [3.05, 3.63) is 0 Å². The molecule has 1 N–H and O–H groups in total. The van der Waals surface area contributed by atoms with Crippen molar-refractivity contribution < 1.29 is 10.0 Å². The van der Waals surface area contributed by atoms with Gasteiger partial charge in [0.05, 0.1) is 16.1 Å². The third-order valence-electron chi connectivity index (χ3n) is 8.95. The fraction of sp³-hybridized carbons (Fsp3) is 0.973. The average molecular weight is 645 g/mol. The number of hydroxylamine groups is 1. The highest BCUT2D eigenvalue weighted by Gasteiger charge is 2.06. The number of carbonyl (C=O) groups excluding carboxylic acids is 1. The van der Waals surface area contributed by atoms with E-state index in [1.54, 1.807) is 0 Å². The van der Waals surface area contributed by atoms with E-state index >= 15 is 0 Å². The van der Waals surface area contributed by atoms with Gasteiger partial charge in [-0.25, -0.2) is 0 Å². The van der Waals surface area contributed by atoms with Crippen LogP contribution in [-0.2, 0) is 4.79 Å². The molecule has 0 saturated carbocycles. The fourth-order valence-corrected chi connectivity index (χ4v) is 6.28. The number of carbonyl (C=O) groups is 1. The number of unbranched alkanes of at least 4 members (excludes halogenated alkanes) is 33. The lowest BCUT2D eigenvalue weighted by Gasteiger charge is -2.05. The Kier molecular flexibility index (Phi) is 36.0. The van der Waals surface area contributed by atoms with E-state index < -0.39 is 0 Å². The minimum absolute atomic E-state index is 0.249. The lowest BCUT2D eigenvalue weighted by atomic mass is 10.0. The van der Waals surface area contributed by atoms with Gasteiger partial charge in [-0.15, -0.1) is 0 Å². The summed E-state index contributed by atoms with van der Waals surface area (Å²) in [4.78, 5) is 11.2. The molecule has 0 heterocycles. The van der Waals surface area contributed by atoms with Gasteiger partial charge < -0.3 is 0 Å². The van der Waals surface area contributed by atoms with E-state index in [0.717, 1.165) is 12.8 Å². The zero-order chi connectivity index (χ0) is 29.9. The number of hydrogen-bond donors (Lipinski definition) is 1. The van der Waals surface area contributed by atoms with E-state index in [1.807, 2.05) is 0 Å². The molecule has 41 heavy (non-hydrogen) atoms. The smallest absolute Gasteiger partial charge is 0.256 e. The Labute approximate surface area is 267 Å². The molecular formula is C37H74BrNO2. The highest BCUT2D eigenvalue weighted by Crippen LogP contribution is 2.17. The minimum atomic E-state index is -0.249. The van der Waals surface area contributed by atoms with E-state index in [4.69, 9.17) is 5.21 Å². The molecule has 0 aliphatic heterocycles. The van der Waals surface area contributed by atoms with Crippen LogP contribution in [0.15, 0.2) is 0 Å². The molecule has 0 unspecified atom stereocenters. The van der Waals surface area contributed by atoms with Crippen LogP contribution in [0.4, 0.5) is 0 Å². The second kappa shape index (κ2) is 36.1. The summed E-state index contributed by atoms with van der Waals surface area (Å²) in [5.74, 6) is -0.249. The number of nitrogens with zero attached hydrogens (tertiary/aromatic N) is 1. The molecule has 0 aromatic heterocycles. The largest absolute Gasteiger partial charge is 0.275 e. The summed E-state index contributed by atoms with van der Waals surface area (Å²) in [7, 11) is 0. The molecular weight excluding hydrogens is 570 g/mol. The third kappa shape index (κ3) is 36.0. The molecule has 0 aromatic rings. The maximum atomic E-state index is 11.2. The van der Waals surface area contributed by atoms with Crippen molar-refractivity contribution in [2.24, 2.45) is 0 Å². The highest BCUT2D eigenvalue weighted by molar-refractivity contribution is 9.07. The molecule has 0 radical (unpaired) electrons. The normalized spacial score (nSPS) is 11.4. The Morgan fingerprint density at radius 2 is 0.561 bits per heavy atom. The summed E-state index contributed by atoms with van der Waals surface area (Å²) in [6.07, 6.45) is 48.4. The van der Waals surface area contributed by atoms with Crippen LogP contribution in [-0.4, -0.2) is 15.2 Å². The van der Waals surface area contributed by atoms with Gasteiger partial charge in [0.15, 0.2) is 0 Å². The zero-order valence-electron chi connectivity index (χ0n) is 27.9. The zero-order valence-corrected chi connectivity index (χ0v) is 29.5. The van der Waals surface area contributed by atoms with E-state index in [2.05, 4.69) is 23.1 Å². The maximum absolute atomic E-state index is 11.2. The van der Waals surface area contributed by atoms with Crippen molar-refractivity contribution in [2.45, 2.75) is 232 Å². The van der Waals surface area contributed by atoms with E-state index in [-0.39, 0.29) is 5.91 Å². The standard InChI is InChI=1S/C37H74BrNO2/c1-2-3-4-5-6-7-8-9-10-11-12-13-14-15-16-17-18-19-20-21-22-23-24-25-26-27-28-29-30-31-32-33-34-35-36-37(40)39(38)41/h41H,2-36H2,1H3. The number of halogens is 1. The lowest BCUT2D eigenvalue weighted by molar-refractivity contribution is -0.143. The molecule has 0 spiro atoms. The predicted octanol–water partition coefficient (Wildman–Crippen LogP) is 14.2. The highest BCUT2D eigenvalue weighted by atomic mass is 79.9. The topological polar surface area (TPSA) is 40.5 Å². The molecule has 0 bridgehead atoms. The van der Waals surface area contributed by atoms with Crippen LogP contribution in [0, 0.1) is 0 Å². The first-order valence-electron chi connectivity index (χ1n) is 18.9. The number of rotatable bonds is 35. The Hall–Kier alpha value is -0.0900. The maximum Gasteiger partial charge on any atom is 0.256 e. The molecule has 0 saturated heterocycles. The van der Waals surface area contributed by atoms with Crippen LogP contribution in [0.2, 0.25) is 0 Å². The predicted molar refractivity (Wildman–Crippen MR) is 185 cm³/mol. The van der Waals surface area contributed by atoms with Gasteiger partial charge in [-0.3, -0.25) is 10.0 Å². The van der Waals surface area contributed by atoms with Crippen molar-refractivity contribution in [3.8, 4) is 0 Å². The summed E-state index contributed by atoms with van der Waals surface area (Å²) in [6, 6.07) is 0. The van der Waals surface area contributed by atoms with Crippen molar-refractivity contribution in [1.82, 2.24) is 4.09 Å². The Morgan fingerprint density at radius 3 is 0.732 bits per heavy atom. The molecule has 3 nitrogen and oxygen atoms in total. The first kappa shape index (κ1) is 40.9.